The zero-order valence-corrected chi connectivity index (χ0v) is 24.1. The molecule has 3 unspecified atom stereocenters. The number of sulfonamides is 2. The number of methoxy groups -OCH3 is 1. The van der Waals surface area contributed by atoms with Gasteiger partial charge in [0.2, 0.25) is 0 Å². The highest BCUT2D eigenvalue weighted by atomic mass is 32.3. The molecular formula is C21H33N3O11S3. The topological polar surface area (TPSA) is 195 Å². The lowest BCUT2D eigenvalue weighted by atomic mass is 10.1. The third kappa shape index (κ3) is 7.71. The zero-order valence-electron chi connectivity index (χ0n) is 21.6. The maximum absolute atomic E-state index is 13.2. The lowest BCUT2D eigenvalue weighted by Crippen LogP contribution is -2.43. The van der Waals surface area contributed by atoms with Crippen molar-refractivity contribution in [2.45, 2.75) is 66.9 Å². The van der Waals surface area contributed by atoms with E-state index in [-0.39, 0.29) is 22.9 Å². The van der Waals surface area contributed by atoms with Gasteiger partial charge in [0, 0.05) is 38.4 Å². The van der Waals surface area contributed by atoms with E-state index in [1.165, 1.54) is 17.5 Å². The minimum Gasteiger partial charge on any atom is -0.450 e. The highest BCUT2D eigenvalue weighted by molar-refractivity contribution is 7.94. The summed E-state index contributed by atoms with van der Waals surface area (Å²) in [5, 5.41) is 12.3. The Kier molecular flexibility index (Phi) is 11.2. The van der Waals surface area contributed by atoms with Gasteiger partial charge >= 0.3 is 11.9 Å². The number of likely N-dealkylation sites (N-methyl/N-ethyl adjacent to an activating group) is 1. The molecule has 0 spiro atoms. The van der Waals surface area contributed by atoms with Crippen LogP contribution in [0.2, 0.25) is 0 Å². The van der Waals surface area contributed by atoms with Crippen molar-refractivity contribution in [2.24, 2.45) is 0 Å². The monoisotopic (exact) mass is 599 g/mol. The van der Waals surface area contributed by atoms with Gasteiger partial charge in [0.25, 0.3) is 26.0 Å². The van der Waals surface area contributed by atoms with E-state index < -0.39 is 66.5 Å². The van der Waals surface area contributed by atoms with Crippen LogP contribution in [0.5, 0.6) is 0 Å². The number of fused-ring (bicyclic) bond motifs is 1. The number of amides is 1. The molecule has 2 rings (SSSR count). The Labute approximate surface area is 225 Å². The first-order valence-electron chi connectivity index (χ1n) is 11.7. The number of nitrogens with one attached hydrogen (secondary N) is 2. The van der Waals surface area contributed by atoms with E-state index in [4.69, 9.17) is 14.6 Å². The summed E-state index contributed by atoms with van der Waals surface area (Å²) in [4.78, 5) is 36.0. The fourth-order valence-electron chi connectivity index (χ4n) is 3.39. The summed E-state index contributed by atoms with van der Waals surface area (Å²) < 4.78 is 69.4. The average Bonchev–Trinajstić information content (AvgIpc) is 3.30. The second-order valence-electron chi connectivity index (χ2n) is 8.43. The number of carbonyl (C=O) groups is 3. The molecule has 2 heterocycles. The SMILES string of the molecule is CCN[C@H]1CN(CCCOC)S(=O)(=O)c2sc(S(=O)(=O)NC(=O)C(C)OC(=O)C(C)OC(=O)C(C)O)cc21. The van der Waals surface area contributed by atoms with Gasteiger partial charge in [-0.05, 0) is 39.8 Å². The number of aliphatic hydroxyl groups is 1. The van der Waals surface area contributed by atoms with Crippen LogP contribution in [-0.4, -0.2) is 95.8 Å². The van der Waals surface area contributed by atoms with Crippen molar-refractivity contribution in [2.75, 3.05) is 33.4 Å². The summed E-state index contributed by atoms with van der Waals surface area (Å²) in [5.74, 6) is -3.43. The number of hydrogen-bond donors (Lipinski definition) is 3. The molecule has 0 saturated carbocycles. The third-order valence-corrected chi connectivity index (χ3v) is 10.7. The van der Waals surface area contributed by atoms with Gasteiger partial charge in [-0.1, -0.05) is 6.92 Å². The van der Waals surface area contributed by atoms with Gasteiger partial charge in [0.1, 0.15) is 14.5 Å². The normalized spacial score (nSPS) is 19.6. The van der Waals surface area contributed by atoms with Crippen molar-refractivity contribution in [3.8, 4) is 0 Å². The predicted molar refractivity (Wildman–Crippen MR) is 134 cm³/mol. The van der Waals surface area contributed by atoms with Crippen LogP contribution in [-0.2, 0) is 48.6 Å². The van der Waals surface area contributed by atoms with Crippen LogP contribution in [0.15, 0.2) is 14.5 Å². The molecule has 14 nitrogen and oxygen atoms in total. The Morgan fingerprint density at radius 3 is 2.39 bits per heavy atom. The molecule has 216 valence electrons. The molecule has 4 atom stereocenters. The van der Waals surface area contributed by atoms with E-state index in [1.807, 2.05) is 6.92 Å². The molecule has 0 aliphatic carbocycles. The molecule has 17 heteroatoms. The second kappa shape index (κ2) is 13.3. The van der Waals surface area contributed by atoms with E-state index in [9.17, 15) is 31.2 Å². The minimum atomic E-state index is -4.53. The molecule has 38 heavy (non-hydrogen) atoms. The number of aliphatic hydroxyl groups excluding tert-OH is 1. The van der Waals surface area contributed by atoms with E-state index >= 15 is 0 Å². The van der Waals surface area contributed by atoms with E-state index in [0.29, 0.717) is 30.9 Å². The molecule has 1 aliphatic rings. The van der Waals surface area contributed by atoms with Crippen molar-refractivity contribution >= 4 is 49.2 Å². The summed E-state index contributed by atoms with van der Waals surface area (Å²) in [7, 11) is -7.02. The van der Waals surface area contributed by atoms with Crippen LogP contribution in [0, 0.1) is 0 Å². The van der Waals surface area contributed by atoms with Gasteiger partial charge in [0.05, 0.1) is 0 Å². The molecule has 1 aromatic heterocycles. The lowest BCUT2D eigenvalue weighted by molar-refractivity contribution is -0.174. The molecule has 1 amide bonds. The van der Waals surface area contributed by atoms with Gasteiger partial charge in [-0.15, -0.1) is 11.3 Å². The molecule has 0 fully saturated rings. The third-order valence-electron chi connectivity index (χ3n) is 5.37. The van der Waals surface area contributed by atoms with E-state index in [0.717, 1.165) is 20.8 Å². The molecule has 0 saturated heterocycles. The Hall–Kier alpha value is -2.15. The first-order chi connectivity index (χ1) is 17.6. The standard InChI is InChI=1S/C21H33N3O11S3/c1-6-22-16-11-24(8-7-9-33-5)38(31,32)21-15(16)10-17(36-21)37(29,30)23-18(26)13(3)34-20(28)14(4)35-19(27)12(2)25/h10,12-14,16,22,25H,6-9,11H2,1-5H3,(H,23,26)/t12?,13?,14?,16-/m0/s1. The summed E-state index contributed by atoms with van der Waals surface area (Å²) in [6.45, 7) is 6.35. The number of rotatable bonds is 13. The summed E-state index contributed by atoms with van der Waals surface area (Å²) in [5.41, 5.74) is 0.279. The Morgan fingerprint density at radius 1 is 1.18 bits per heavy atom. The fourth-order valence-corrected chi connectivity index (χ4v) is 8.32. The molecule has 3 N–H and O–H groups in total. The Morgan fingerprint density at radius 2 is 1.82 bits per heavy atom. The van der Waals surface area contributed by atoms with Crippen molar-refractivity contribution in [3.05, 3.63) is 11.6 Å². The second-order valence-corrected chi connectivity index (χ2v) is 13.5. The summed E-state index contributed by atoms with van der Waals surface area (Å²) in [6, 6.07) is 0.740. The van der Waals surface area contributed by atoms with Crippen LogP contribution in [0.1, 0.15) is 45.7 Å². The number of carbonyl (C=O) groups excluding carboxylic acids is 3. The number of ether oxygens (including phenoxy) is 3. The van der Waals surface area contributed by atoms with Crippen LogP contribution in [0.25, 0.3) is 0 Å². The van der Waals surface area contributed by atoms with Gasteiger partial charge < -0.3 is 24.6 Å². The minimum absolute atomic E-state index is 0.0975. The van der Waals surface area contributed by atoms with Crippen LogP contribution in [0.3, 0.4) is 0 Å². The van der Waals surface area contributed by atoms with E-state index in [2.05, 4.69) is 10.1 Å². The first kappa shape index (κ1) is 32.1. The number of nitrogens with zero attached hydrogens (tertiary/aromatic N) is 1. The average molecular weight is 600 g/mol. The molecule has 1 aliphatic heterocycles. The highest BCUT2D eigenvalue weighted by Gasteiger charge is 2.40. The van der Waals surface area contributed by atoms with Crippen molar-refractivity contribution in [1.82, 2.24) is 14.3 Å². The van der Waals surface area contributed by atoms with Gasteiger partial charge in [-0.25, -0.2) is 31.1 Å². The number of thiophene rings is 1. The highest BCUT2D eigenvalue weighted by Crippen LogP contribution is 2.40. The predicted octanol–water partition coefficient (Wildman–Crippen LogP) is -0.511. The van der Waals surface area contributed by atoms with Gasteiger partial charge in [0.15, 0.2) is 12.2 Å². The molecule has 0 aromatic carbocycles. The summed E-state index contributed by atoms with van der Waals surface area (Å²) in [6.07, 6.45) is -4.10. The van der Waals surface area contributed by atoms with Crippen LogP contribution in [0.4, 0.5) is 0 Å². The van der Waals surface area contributed by atoms with Crippen molar-refractivity contribution in [3.63, 3.8) is 0 Å². The van der Waals surface area contributed by atoms with Crippen molar-refractivity contribution in [1.29, 1.82) is 0 Å². The summed E-state index contributed by atoms with van der Waals surface area (Å²) >= 11 is 0.511. The van der Waals surface area contributed by atoms with Crippen molar-refractivity contribution < 1.29 is 50.5 Å². The smallest absolute Gasteiger partial charge is 0.347 e. The quantitative estimate of drug-likeness (QED) is 0.194. The maximum atomic E-state index is 13.2. The Bertz CT molecular complexity index is 1230. The lowest BCUT2D eigenvalue weighted by Gasteiger charge is -2.32. The van der Waals surface area contributed by atoms with Crippen LogP contribution < -0.4 is 10.0 Å². The zero-order chi connectivity index (χ0) is 28.8. The molecule has 1 aromatic rings. The first-order valence-corrected chi connectivity index (χ1v) is 15.4. The molecule has 0 bridgehead atoms. The largest absolute Gasteiger partial charge is 0.450 e. The fraction of sp³-hybridized carbons (Fsp3) is 0.667. The van der Waals surface area contributed by atoms with Crippen LogP contribution >= 0.6 is 11.3 Å². The molecular weight excluding hydrogens is 566 g/mol. The number of hydrogen-bond acceptors (Lipinski definition) is 13. The van der Waals surface area contributed by atoms with E-state index in [1.54, 1.807) is 4.72 Å². The van der Waals surface area contributed by atoms with Gasteiger partial charge in [-0.3, -0.25) is 4.79 Å². The maximum Gasteiger partial charge on any atom is 0.347 e. The number of esters is 2. The Balaban J connectivity index is 2.21. The molecule has 0 radical (unpaired) electrons. The van der Waals surface area contributed by atoms with Gasteiger partial charge in [-0.2, -0.15) is 4.31 Å².